The number of fused-ring (bicyclic) bond motifs is 3. The summed E-state index contributed by atoms with van der Waals surface area (Å²) in [6.07, 6.45) is 5.03. The summed E-state index contributed by atoms with van der Waals surface area (Å²) in [4.78, 5) is 27.1. The molecule has 0 amide bonds. The molecule has 56 heavy (non-hydrogen) atoms. The van der Waals surface area contributed by atoms with Gasteiger partial charge in [0.2, 0.25) is 0 Å². The average molecular weight is 755 g/mol. The smallest absolute Gasteiger partial charge is 0.350 e. The number of para-hydroxylation sites is 1. The van der Waals surface area contributed by atoms with E-state index in [1.165, 1.54) is 0 Å². The van der Waals surface area contributed by atoms with E-state index in [1.807, 2.05) is 54.6 Å². The zero-order valence-corrected chi connectivity index (χ0v) is 33.2. The number of cyclic esters (lactones) is 1. The summed E-state index contributed by atoms with van der Waals surface area (Å²) in [7, 11) is 0. The van der Waals surface area contributed by atoms with Gasteiger partial charge in [-0.3, -0.25) is 0 Å². The number of carbonyl (C=O) groups excluding carboxylic acids is 2. The lowest BCUT2D eigenvalue weighted by atomic mass is 9.44. The average Bonchev–Trinajstić information content (AvgIpc) is 3.81. The molecule has 7 atom stereocenters. The Labute approximate surface area is 331 Å². The Morgan fingerprint density at radius 2 is 1.30 bits per heavy atom. The first-order chi connectivity index (χ1) is 26.9. The molecule has 292 valence electrons. The van der Waals surface area contributed by atoms with Gasteiger partial charge in [0.25, 0.3) is 0 Å². The minimum atomic E-state index is -1.23. The highest BCUT2D eigenvalue weighted by Gasteiger charge is 2.66. The number of carbonyl (C=O) groups is 2. The van der Waals surface area contributed by atoms with Crippen molar-refractivity contribution in [1.82, 2.24) is 0 Å². The summed E-state index contributed by atoms with van der Waals surface area (Å²) in [5.74, 6) is 0.206. The molecule has 0 aromatic heterocycles. The summed E-state index contributed by atoms with van der Waals surface area (Å²) >= 11 is 0. The molecule has 0 radical (unpaired) electrons. The fourth-order valence-electron chi connectivity index (χ4n) is 10.9. The zero-order chi connectivity index (χ0) is 39.2. The largest absolute Gasteiger partial charge is 0.476 e. The Hall–Kier alpha value is -4.72. The van der Waals surface area contributed by atoms with Gasteiger partial charge in [-0.15, -0.1) is 0 Å². The quantitative estimate of drug-likeness (QED) is 0.112. The first-order valence-electron chi connectivity index (χ1n) is 20.2. The van der Waals surface area contributed by atoms with Crippen LogP contribution in [-0.4, -0.2) is 48.6 Å². The fourth-order valence-corrected chi connectivity index (χ4v) is 10.9. The number of ether oxygens (including phenoxy) is 5. The lowest BCUT2D eigenvalue weighted by Crippen LogP contribution is -2.63. The third-order valence-electron chi connectivity index (χ3n) is 13.7. The van der Waals surface area contributed by atoms with Crippen LogP contribution in [0.1, 0.15) is 83.4 Å². The molecule has 0 bridgehead atoms. The molecule has 4 aliphatic rings. The summed E-state index contributed by atoms with van der Waals surface area (Å²) in [6, 6.07) is 40.7. The SMILES string of the molecule is CC(C)(Oc1ccccc1)C(=O)O[C@@H]1CC[C@@]2(C)C3CC(C4=CCOC4=O)O[C@]3(C)CC[C@@H]2[C@]1(C)COC(c1ccccc1)(c1ccccc1)c1ccccc1. The van der Waals surface area contributed by atoms with Gasteiger partial charge in [0.1, 0.15) is 24.1 Å². The van der Waals surface area contributed by atoms with Gasteiger partial charge in [0.05, 0.1) is 23.9 Å². The summed E-state index contributed by atoms with van der Waals surface area (Å²) in [6.45, 7) is 11.1. The molecule has 4 aromatic rings. The molecule has 2 aliphatic heterocycles. The van der Waals surface area contributed by atoms with Crippen molar-refractivity contribution < 1.29 is 33.3 Å². The van der Waals surface area contributed by atoms with Crippen molar-refractivity contribution in [2.24, 2.45) is 22.7 Å². The Kier molecular flexibility index (Phi) is 9.99. The van der Waals surface area contributed by atoms with Gasteiger partial charge in [0, 0.05) is 5.41 Å². The maximum absolute atomic E-state index is 14.3. The van der Waals surface area contributed by atoms with Gasteiger partial charge < -0.3 is 23.7 Å². The maximum atomic E-state index is 14.3. The van der Waals surface area contributed by atoms with E-state index < -0.39 is 34.3 Å². The Morgan fingerprint density at radius 3 is 1.84 bits per heavy atom. The van der Waals surface area contributed by atoms with E-state index in [0.717, 1.165) is 42.4 Å². The molecule has 0 N–H and O–H groups in total. The number of benzene rings is 4. The number of hydrogen-bond acceptors (Lipinski definition) is 7. The van der Waals surface area contributed by atoms with Crippen LogP contribution in [0.5, 0.6) is 5.75 Å². The standard InChI is InChI=1S/C49H54O7/c1-45(2,55-37-24-16-9-17-25-37)44(51)54-42-27-29-46(3)40(26-30-48(5)41(46)32-39(56-48)38-28-31-52-43(38)50)47(42,4)33-53-49(34-18-10-6-11-19-34,35-20-12-7-13-21-35)36-22-14-8-15-23-36/h6-25,28,39-42H,26-27,29-33H2,1-5H3/t39?,40-,41?,42+,46+,47-,48+/m0/s1. The van der Waals surface area contributed by atoms with E-state index in [1.54, 1.807) is 13.8 Å². The van der Waals surface area contributed by atoms with Crippen LogP contribution in [0, 0.1) is 22.7 Å². The number of rotatable bonds is 11. The van der Waals surface area contributed by atoms with E-state index in [9.17, 15) is 9.59 Å². The molecule has 2 saturated carbocycles. The van der Waals surface area contributed by atoms with Crippen LogP contribution in [-0.2, 0) is 34.1 Å². The monoisotopic (exact) mass is 754 g/mol. The molecule has 2 aliphatic carbocycles. The zero-order valence-electron chi connectivity index (χ0n) is 33.2. The first kappa shape index (κ1) is 38.2. The van der Waals surface area contributed by atoms with Crippen molar-refractivity contribution >= 4 is 11.9 Å². The minimum absolute atomic E-state index is 0.102. The van der Waals surface area contributed by atoms with Crippen LogP contribution in [0.15, 0.2) is 133 Å². The van der Waals surface area contributed by atoms with Gasteiger partial charge in [-0.05, 0) is 105 Å². The van der Waals surface area contributed by atoms with Gasteiger partial charge in [-0.2, -0.15) is 0 Å². The third-order valence-corrected chi connectivity index (χ3v) is 13.7. The Morgan fingerprint density at radius 1 is 0.750 bits per heavy atom. The normalized spacial score (nSPS) is 30.1. The van der Waals surface area contributed by atoms with E-state index in [4.69, 9.17) is 23.7 Å². The summed E-state index contributed by atoms with van der Waals surface area (Å²) in [5, 5.41) is 0. The van der Waals surface area contributed by atoms with E-state index in [-0.39, 0.29) is 29.3 Å². The van der Waals surface area contributed by atoms with Crippen molar-refractivity contribution in [2.45, 2.75) is 95.7 Å². The van der Waals surface area contributed by atoms with Crippen LogP contribution >= 0.6 is 0 Å². The predicted molar refractivity (Wildman–Crippen MR) is 215 cm³/mol. The van der Waals surface area contributed by atoms with E-state index in [0.29, 0.717) is 31.0 Å². The minimum Gasteiger partial charge on any atom is -0.476 e. The highest BCUT2D eigenvalue weighted by molar-refractivity contribution is 5.91. The van der Waals surface area contributed by atoms with Crippen molar-refractivity contribution in [2.75, 3.05) is 13.2 Å². The molecule has 8 rings (SSSR count). The van der Waals surface area contributed by atoms with Gasteiger partial charge in [-0.1, -0.05) is 123 Å². The van der Waals surface area contributed by atoms with E-state index >= 15 is 0 Å². The molecular formula is C49H54O7. The number of hydrogen-bond donors (Lipinski definition) is 0. The van der Waals surface area contributed by atoms with Gasteiger partial charge in [0.15, 0.2) is 5.60 Å². The van der Waals surface area contributed by atoms with Crippen LogP contribution in [0.25, 0.3) is 0 Å². The van der Waals surface area contributed by atoms with Crippen LogP contribution in [0.3, 0.4) is 0 Å². The third kappa shape index (κ3) is 6.56. The Bertz CT molecular complexity index is 1950. The Balaban J connectivity index is 1.20. The molecule has 7 heteroatoms. The topological polar surface area (TPSA) is 80.3 Å². The summed E-state index contributed by atoms with van der Waals surface area (Å²) < 4.78 is 32.8. The second-order valence-electron chi connectivity index (χ2n) is 17.5. The summed E-state index contributed by atoms with van der Waals surface area (Å²) in [5.41, 5.74) is 0.294. The van der Waals surface area contributed by atoms with Gasteiger partial charge in [-0.25, -0.2) is 9.59 Å². The van der Waals surface area contributed by atoms with Crippen molar-refractivity contribution in [3.63, 3.8) is 0 Å². The van der Waals surface area contributed by atoms with Crippen LogP contribution < -0.4 is 4.74 Å². The van der Waals surface area contributed by atoms with Gasteiger partial charge >= 0.3 is 11.9 Å². The maximum Gasteiger partial charge on any atom is 0.350 e. The lowest BCUT2D eigenvalue weighted by Gasteiger charge is -2.62. The molecule has 2 unspecified atom stereocenters. The molecule has 2 heterocycles. The number of esters is 2. The van der Waals surface area contributed by atoms with Crippen molar-refractivity contribution in [1.29, 1.82) is 0 Å². The highest BCUT2D eigenvalue weighted by Crippen LogP contribution is 2.67. The van der Waals surface area contributed by atoms with Crippen LogP contribution in [0.2, 0.25) is 0 Å². The molecular weight excluding hydrogens is 701 g/mol. The molecule has 4 aromatic carbocycles. The fraction of sp³-hybridized carbons (Fsp3) is 0.429. The lowest BCUT2D eigenvalue weighted by molar-refractivity contribution is -0.225. The van der Waals surface area contributed by atoms with Crippen molar-refractivity contribution in [3.05, 3.63) is 150 Å². The highest BCUT2D eigenvalue weighted by atomic mass is 16.6. The molecule has 7 nitrogen and oxygen atoms in total. The van der Waals surface area contributed by atoms with E-state index in [2.05, 4.69) is 93.6 Å². The van der Waals surface area contributed by atoms with Crippen LogP contribution in [0.4, 0.5) is 0 Å². The van der Waals surface area contributed by atoms with Crippen molar-refractivity contribution in [3.8, 4) is 5.75 Å². The molecule has 0 spiro atoms. The molecule has 1 saturated heterocycles. The molecule has 3 fully saturated rings. The predicted octanol–water partition coefficient (Wildman–Crippen LogP) is 9.63. The first-order valence-corrected chi connectivity index (χ1v) is 20.2. The second kappa shape index (κ2) is 14.7. The second-order valence-corrected chi connectivity index (χ2v) is 17.5.